The molecule has 3 heterocycles. The molecule has 4 aromatic rings. The minimum Gasteiger partial charge on any atom is -0.342 e. The van der Waals surface area contributed by atoms with Crippen LogP contribution >= 0.6 is 46.3 Å². The molecule has 0 amide bonds. The number of hydrogen-bond donors (Lipinski definition) is 0. The highest BCUT2D eigenvalue weighted by Crippen LogP contribution is 2.42. The zero-order valence-corrected chi connectivity index (χ0v) is 18.8. The summed E-state index contributed by atoms with van der Waals surface area (Å²) in [6.45, 7) is 0.905. The van der Waals surface area contributed by atoms with Crippen LogP contribution in [-0.4, -0.2) is 33.0 Å². The molecule has 5 rings (SSSR count). The smallest absolute Gasteiger partial charge is 0.215 e. The maximum Gasteiger partial charge on any atom is 0.215 e. The first-order chi connectivity index (χ1) is 14.6. The Morgan fingerprint density at radius 3 is 2.93 bits per heavy atom. The standard InChI is InChI=1S/C21H17Cl2N3O2S2/c22-14-5-6-16(17(23)9-14)21(12-26-8-7-24-13-26)27-10-15(28-21)11-29-20-25-18-3-1-2-4-19(18)30-20/h1-9,13,15H,10-12H2/t15-,21+/m0/s1. The molecule has 2 aromatic carbocycles. The van der Waals surface area contributed by atoms with Gasteiger partial charge in [-0.05, 0) is 24.3 Å². The Morgan fingerprint density at radius 1 is 1.23 bits per heavy atom. The number of nitrogens with zero attached hydrogens (tertiary/aromatic N) is 3. The van der Waals surface area contributed by atoms with E-state index in [1.165, 1.54) is 4.70 Å². The lowest BCUT2D eigenvalue weighted by atomic mass is 10.1. The van der Waals surface area contributed by atoms with E-state index in [-0.39, 0.29) is 6.10 Å². The van der Waals surface area contributed by atoms with E-state index in [0.29, 0.717) is 23.2 Å². The van der Waals surface area contributed by atoms with E-state index in [0.717, 1.165) is 21.2 Å². The van der Waals surface area contributed by atoms with Crippen molar-refractivity contribution in [3.63, 3.8) is 0 Å². The monoisotopic (exact) mass is 477 g/mol. The summed E-state index contributed by atoms with van der Waals surface area (Å²) in [6.07, 6.45) is 5.24. The van der Waals surface area contributed by atoms with Gasteiger partial charge < -0.3 is 14.0 Å². The van der Waals surface area contributed by atoms with Gasteiger partial charge in [0.25, 0.3) is 0 Å². The molecule has 0 bridgehead atoms. The largest absolute Gasteiger partial charge is 0.342 e. The van der Waals surface area contributed by atoms with Crippen molar-refractivity contribution in [1.82, 2.24) is 14.5 Å². The van der Waals surface area contributed by atoms with Crippen LogP contribution in [-0.2, 0) is 21.8 Å². The summed E-state index contributed by atoms with van der Waals surface area (Å²) in [7, 11) is 0. The molecule has 1 aliphatic rings. The summed E-state index contributed by atoms with van der Waals surface area (Å²) in [4.78, 5) is 8.82. The summed E-state index contributed by atoms with van der Waals surface area (Å²) < 4.78 is 16.9. The first kappa shape index (κ1) is 20.3. The van der Waals surface area contributed by atoms with Crippen molar-refractivity contribution in [2.45, 2.75) is 22.8 Å². The third-order valence-corrected chi connectivity index (χ3v) is 7.68. The van der Waals surface area contributed by atoms with Crippen molar-refractivity contribution in [2.75, 3.05) is 12.4 Å². The van der Waals surface area contributed by atoms with Gasteiger partial charge in [-0.1, -0.05) is 53.2 Å². The molecule has 1 fully saturated rings. The minimum atomic E-state index is -0.999. The van der Waals surface area contributed by atoms with Crippen LogP contribution in [0.25, 0.3) is 10.2 Å². The van der Waals surface area contributed by atoms with Gasteiger partial charge in [0, 0.05) is 28.7 Å². The summed E-state index contributed by atoms with van der Waals surface area (Å²) >= 11 is 16.0. The lowest BCUT2D eigenvalue weighted by Crippen LogP contribution is -2.34. The van der Waals surface area contributed by atoms with Crippen LogP contribution < -0.4 is 0 Å². The van der Waals surface area contributed by atoms with E-state index in [1.807, 2.05) is 35.0 Å². The summed E-state index contributed by atoms with van der Waals surface area (Å²) in [5, 5.41) is 1.09. The topological polar surface area (TPSA) is 49.2 Å². The fourth-order valence-corrected chi connectivity index (χ4v) is 6.07. The van der Waals surface area contributed by atoms with Crippen molar-refractivity contribution < 1.29 is 9.47 Å². The van der Waals surface area contributed by atoms with Crippen LogP contribution in [0.5, 0.6) is 0 Å². The molecule has 0 saturated carbocycles. The van der Waals surface area contributed by atoms with Crippen LogP contribution in [0.4, 0.5) is 0 Å². The number of ether oxygens (including phenoxy) is 2. The molecule has 0 spiro atoms. The van der Waals surface area contributed by atoms with Gasteiger partial charge in [-0.2, -0.15) is 0 Å². The second-order valence-corrected chi connectivity index (χ2v) is 10.1. The van der Waals surface area contributed by atoms with Crippen molar-refractivity contribution in [3.8, 4) is 0 Å². The van der Waals surface area contributed by atoms with E-state index in [9.17, 15) is 0 Å². The number of rotatable bonds is 6. The molecular weight excluding hydrogens is 461 g/mol. The zero-order valence-electron chi connectivity index (χ0n) is 15.7. The Balaban J connectivity index is 1.36. The van der Waals surface area contributed by atoms with Crippen molar-refractivity contribution in [1.29, 1.82) is 0 Å². The molecule has 5 nitrogen and oxygen atoms in total. The molecule has 1 saturated heterocycles. The van der Waals surface area contributed by atoms with Crippen molar-refractivity contribution in [2.24, 2.45) is 0 Å². The molecular formula is C21H17Cl2N3O2S2. The number of aromatic nitrogens is 3. The fourth-order valence-electron chi connectivity index (χ4n) is 3.45. The van der Waals surface area contributed by atoms with Gasteiger partial charge in [-0.3, -0.25) is 0 Å². The SMILES string of the molecule is Clc1ccc([C@]2(Cn3ccnc3)OC[C@@H](CSc3nc4ccccc4s3)O2)c(Cl)c1. The number of halogens is 2. The summed E-state index contributed by atoms with van der Waals surface area (Å²) in [6, 6.07) is 13.5. The Bertz CT molecular complexity index is 1140. The van der Waals surface area contributed by atoms with Crippen LogP contribution in [0.3, 0.4) is 0 Å². The molecule has 154 valence electrons. The number of hydrogen-bond acceptors (Lipinski definition) is 6. The van der Waals surface area contributed by atoms with Crippen LogP contribution in [0.2, 0.25) is 10.0 Å². The molecule has 2 aromatic heterocycles. The zero-order chi connectivity index (χ0) is 20.6. The lowest BCUT2D eigenvalue weighted by molar-refractivity contribution is -0.184. The van der Waals surface area contributed by atoms with Gasteiger partial charge in [0.2, 0.25) is 5.79 Å². The molecule has 1 aliphatic heterocycles. The number of imidazole rings is 1. The number of fused-ring (bicyclic) bond motifs is 1. The quantitative estimate of drug-likeness (QED) is 0.325. The summed E-state index contributed by atoms with van der Waals surface area (Å²) in [5.41, 5.74) is 1.78. The number of thiazole rings is 1. The molecule has 0 N–H and O–H groups in total. The van der Waals surface area contributed by atoms with E-state index in [2.05, 4.69) is 16.0 Å². The predicted octanol–water partition coefficient (Wildman–Crippen LogP) is 5.86. The Hall–Kier alpha value is -1.61. The maximum atomic E-state index is 6.52. The second kappa shape index (κ2) is 8.49. The number of para-hydroxylation sites is 1. The average molecular weight is 478 g/mol. The third kappa shape index (κ3) is 4.10. The number of thioether (sulfide) groups is 1. The van der Waals surface area contributed by atoms with Crippen LogP contribution in [0, 0.1) is 0 Å². The summed E-state index contributed by atoms with van der Waals surface area (Å²) in [5.74, 6) is -0.266. The lowest BCUT2D eigenvalue weighted by Gasteiger charge is -2.30. The van der Waals surface area contributed by atoms with Crippen LogP contribution in [0.1, 0.15) is 5.56 Å². The molecule has 0 radical (unpaired) electrons. The normalized spacial score (nSPS) is 21.5. The van der Waals surface area contributed by atoms with Gasteiger partial charge in [0.1, 0.15) is 0 Å². The highest BCUT2D eigenvalue weighted by Gasteiger charge is 2.45. The second-order valence-electron chi connectivity index (χ2n) is 6.92. The molecule has 2 atom stereocenters. The number of benzene rings is 2. The Kier molecular flexibility index (Phi) is 5.75. The van der Waals surface area contributed by atoms with Gasteiger partial charge in [0.15, 0.2) is 4.34 Å². The van der Waals surface area contributed by atoms with Crippen molar-refractivity contribution >= 4 is 56.5 Å². The highest BCUT2D eigenvalue weighted by atomic mass is 35.5. The Labute approximate surface area is 192 Å². The first-order valence-electron chi connectivity index (χ1n) is 9.33. The molecule has 0 aliphatic carbocycles. The Morgan fingerprint density at radius 2 is 2.13 bits per heavy atom. The molecule has 0 unspecified atom stereocenters. The highest BCUT2D eigenvalue weighted by molar-refractivity contribution is 8.01. The average Bonchev–Trinajstić information content (AvgIpc) is 3.46. The molecule has 9 heteroatoms. The van der Waals surface area contributed by atoms with Gasteiger partial charge in [-0.25, -0.2) is 9.97 Å². The predicted molar refractivity (Wildman–Crippen MR) is 122 cm³/mol. The van der Waals surface area contributed by atoms with Crippen molar-refractivity contribution in [3.05, 3.63) is 76.8 Å². The molecule has 30 heavy (non-hydrogen) atoms. The van der Waals surface area contributed by atoms with Gasteiger partial charge in [-0.15, -0.1) is 11.3 Å². The third-order valence-electron chi connectivity index (χ3n) is 4.82. The van der Waals surface area contributed by atoms with Gasteiger partial charge >= 0.3 is 0 Å². The van der Waals surface area contributed by atoms with E-state index >= 15 is 0 Å². The minimum absolute atomic E-state index is 0.0997. The van der Waals surface area contributed by atoms with Crippen LogP contribution in [0.15, 0.2) is 65.5 Å². The van der Waals surface area contributed by atoms with E-state index < -0.39 is 5.79 Å². The first-order valence-corrected chi connectivity index (χ1v) is 11.9. The van der Waals surface area contributed by atoms with E-state index in [1.54, 1.807) is 47.8 Å². The fraction of sp³-hybridized carbons (Fsp3) is 0.238. The maximum absolute atomic E-state index is 6.52. The van der Waals surface area contributed by atoms with E-state index in [4.69, 9.17) is 32.7 Å². The van der Waals surface area contributed by atoms with Gasteiger partial charge in [0.05, 0.1) is 40.8 Å².